The smallest absolute Gasteiger partial charge is 0.00673 e. The number of allylic oxidation sites excluding steroid dienone is 3. The van der Waals surface area contributed by atoms with Crippen LogP contribution in [-0.2, 0) is 0 Å². The zero-order chi connectivity index (χ0) is 22.5. The summed E-state index contributed by atoms with van der Waals surface area (Å²) in [4.78, 5) is 0. The standard InChI is InChI=1S/C9H18S.C9H18.C4H10.2C2H6/c1-4-6-9(2)7-5-8-10-3;1-4-5-6-7-8-9(2)3;1-4(2)3;2*1-2/h2,4-8H2,1,3H3;6-7,9H,4-5,8H2,1-3H3;4H,1-3H3;2*1-2H3/b;7-6-;;;. The third-order valence-electron chi connectivity index (χ3n) is 2.71. The van der Waals surface area contributed by atoms with Crippen LogP contribution in [-0.4, -0.2) is 12.0 Å². The van der Waals surface area contributed by atoms with Gasteiger partial charge in [-0.15, -0.1) is 0 Å². The Hall–Kier alpha value is -0.170. The molecule has 0 saturated carbocycles. The van der Waals surface area contributed by atoms with Crippen molar-refractivity contribution in [3.8, 4) is 0 Å². The molecule has 0 aliphatic rings. The first kappa shape index (κ1) is 37.6. The van der Waals surface area contributed by atoms with Gasteiger partial charge in [-0.1, -0.05) is 113 Å². The van der Waals surface area contributed by atoms with E-state index in [0.717, 1.165) is 11.8 Å². The average molecular weight is 403 g/mol. The van der Waals surface area contributed by atoms with Gasteiger partial charge in [0.2, 0.25) is 0 Å². The van der Waals surface area contributed by atoms with Gasteiger partial charge in [-0.2, -0.15) is 11.8 Å². The molecule has 0 unspecified atom stereocenters. The van der Waals surface area contributed by atoms with Crippen LogP contribution in [0, 0.1) is 11.8 Å². The molecule has 0 rings (SSSR count). The highest BCUT2D eigenvalue weighted by atomic mass is 32.2. The lowest BCUT2D eigenvalue weighted by Gasteiger charge is -2.01. The van der Waals surface area contributed by atoms with Gasteiger partial charge < -0.3 is 0 Å². The Labute approximate surface area is 181 Å². The molecule has 0 saturated heterocycles. The van der Waals surface area contributed by atoms with Crippen molar-refractivity contribution in [2.75, 3.05) is 12.0 Å². The summed E-state index contributed by atoms with van der Waals surface area (Å²) in [5.41, 5.74) is 1.43. The molecule has 0 radical (unpaired) electrons. The normalized spacial score (nSPS) is 9.26. The fourth-order valence-electron chi connectivity index (χ4n) is 1.60. The molecule has 0 heterocycles. The van der Waals surface area contributed by atoms with Crippen LogP contribution >= 0.6 is 11.8 Å². The molecule has 0 aromatic heterocycles. The first-order valence-corrected chi connectivity index (χ1v) is 13.0. The summed E-state index contributed by atoms with van der Waals surface area (Å²) in [5.74, 6) is 2.93. The Morgan fingerprint density at radius 2 is 1.33 bits per heavy atom. The highest BCUT2D eigenvalue weighted by molar-refractivity contribution is 7.98. The van der Waals surface area contributed by atoms with Gasteiger partial charge in [0.05, 0.1) is 0 Å². The highest BCUT2D eigenvalue weighted by Gasteiger charge is 1.91. The molecule has 0 aromatic carbocycles. The maximum atomic E-state index is 4.01. The lowest BCUT2D eigenvalue weighted by molar-refractivity contribution is 0.662. The average Bonchev–Trinajstić information content (AvgIpc) is 2.63. The van der Waals surface area contributed by atoms with Gasteiger partial charge in [-0.3, -0.25) is 0 Å². The largest absolute Gasteiger partial charge is 0.165 e. The van der Waals surface area contributed by atoms with Crippen LogP contribution in [0.3, 0.4) is 0 Å². The van der Waals surface area contributed by atoms with E-state index in [1.54, 1.807) is 0 Å². The molecule has 0 bridgehead atoms. The minimum atomic E-state index is 0.818. The van der Waals surface area contributed by atoms with E-state index in [1.165, 1.54) is 56.3 Å². The van der Waals surface area contributed by atoms with E-state index in [1.807, 2.05) is 39.5 Å². The predicted molar refractivity (Wildman–Crippen MR) is 138 cm³/mol. The Bertz CT molecular complexity index is 236. The van der Waals surface area contributed by atoms with E-state index in [0.29, 0.717) is 0 Å². The van der Waals surface area contributed by atoms with Gasteiger partial charge in [0.25, 0.3) is 0 Å². The second-order valence-corrected chi connectivity index (χ2v) is 8.20. The number of unbranched alkanes of at least 4 members (excludes halogenated alkanes) is 1. The summed E-state index contributed by atoms with van der Waals surface area (Å²) in [7, 11) is 0. The van der Waals surface area contributed by atoms with Crippen LogP contribution in [0.1, 0.15) is 121 Å². The van der Waals surface area contributed by atoms with Crippen LogP contribution < -0.4 is 0 Å². The Balaban J connectivity index is -0.0000000868. The molecular weight excluding hydrogens is 344 g/mol. The molecule has 0 spiro atoms. The zero-order valence-corrected chi connectivity index (χ0v) is 22.4. The maximum absolute atomic E-state index is 4.01. The highest BCUT2D eigenvalue weighted by Crippen LogP contribution is 2.11. The summed E-state index contributed by atoms with van der Waals surface area (Å²) >= 11 is 1.92. The quantitative estimate of drug-likeness (QED) is 0.258. The van der Waals surface area contributed by atoms with Crippen molar-refractivity contribution in [2.24, 2.45) is 11.8 Å². The summed E-state index contributed by atoms with van der Waals surface area (Å²) in [5, 5.41) is 0. The molecule has 0 aliphatic heterocycles. The molecule has 0 amide bonds. The lowest BCUT2D eigenvalue weighted by Crippen LogP contribution is -1.83. The van der Waals surface area contributed by atoms with E-state index < -0.39 is 0 Å². The molecule has 0 nitrogen and oxygen atoms in total. The molecule has 0 atom stereocenters. The van der Waals surface area contributed by atoms with Crippen molar-refractivity contribution in [2.45, 2.75) is 121 Å². The van der Waals surface area contributed by atoms with Gasteiger partial charge in [0, 0.05) is 0 Å². The topological polar surface area (TPSA) is 0 Å². The predicted octanol–water partition coefficient (Wildman–Crippen LogP) is 10.6. The van der Waals surface area contributed by atoms with Gasteiger partial charge in [-0.05, 0) is 55.9 Å². The molecule has 0 aliphatic carbocycles. The molecule has 1 heteroatoms. The van der Waals surface area contributed by atoms with Crippen molar-refractivity contribution in [3.63, 3.8) is 0 Å². The van der Waals surface area contributed by atoms with Gasteiger partial charge in [-0.25, -0.2) is 0 Å². The van der Waals surface area contributed by atoms with E-state index in [4.69, 9.17) is 0 Å². The Morgan fingerprint density at radius 3 is 1.67 bits per heavy atom. The van der Waals surface area contributed by atoms with E-state index >= 15 is 0 Å². The Kier molecular flexibility index (Phi) is 56.3. The van der Waals surface area contributed by atoms with Gasteiger partial charge >= 0.3 is 0 Å². The van der Waals surface area contributed by atoms with Crippen LogP contribution in [0.25, 0.3) is 0 Å². The third kappa shape index (κ3) is 76.7. The van der Waals surface area contributed by atoms with E-state index in [2.05, 4.69) is 73.5 Å². The fraction of sp³-hybridized carbons (Fsp3) is 0.846. The Morgan fingerprint density at radius 1 is 0.852 bits per heavy atom. The van der Waals surface area contributed by atoms with E-state index in [-0.39, 0.29) is 0 Å². The minimum absolute atomic E-state index is 0.818. The maximum Gasteiger partial charge on any atom is -0.00673 e. The molecule has 0 N–H and O–H groups in total. The minimum Gasteiger partial charge on any atom is -0.165 e. The van der Waals surface area contributed by atoms with Crippen LogP contribution in [0.5, 0.6) is 0 Å². The second kappa shape index (κ2) is 40.5. The number of hydrogen-bond acceptors (Lipinski definition) is 1. The van der Waals surface area contributed by atoms with Crippen LogP contribution in [0.2, 0.25) is 0 Å². The van der Waals surface area contributed by atoms with Crippen molar-refractivity contribution >= 4 is 11.8 Å². The molecule has 0 fully saturated rings. The van der Waals surface area contributed by atoms with Crippen molar-refractivity contribution in [1.29, 1.82) is 0 Å². The lowest BCUT2D eigenvalue weighted by atomic mass is 10.1. The zero-order valence-electron chi connectivity index (χ0n) is 21.6. The molecule has 0 aromatic rings. The van der Waals surface area contributed by atoms with Crippen LogP contribution in [0.15, 0.2) is 24.3 Å². The first-order valence-electron chi connectivity index (χ1n) is 11.6. The van der Waals surface area contributed by atoms with Crippen molar-refractivity contribution in [1.82, 2.24) is 0 Å². The van der Waals surface area contributed by atoms with Gasteiger partial charge in [0.15, 0.2) is 0 Å². The van der Waals surface area contributed by atoms with Crippen LogP contribution in [0.4, 0.5) is 0 Å². The molecule has 168 valence electrons. The summed E-state index contributed by atoms with van der Waals surface area (Å²) in [6.07, 6.45) is 15.5. The van der Waals surface area contributed by atoms with E-state index in [9.17, 15) is 0 Å². The monoisotopic (exact) mass is 402 g/mol. The summed E-state index contributed by atoms with van der Waals surface area (Å²) in [6.45, 7) is 27.4. The van der Waals surface area contributed by atoms with Crippen molar-refractivity contribution in [3.05, 3.63) is 24.3 Å². The summed E-state index contributed by atoms with van der Waals surface area (Å²) < 4.78 is 0. The fourth-order valence-corrected chi connectivity index (χ4v) is 2.03. The molecular formula is C26H58S. The summed E-state index contributed by atoms with van der Waals surface area (Å²) in [6, 6.07) is 0. The number of thioether (sulfide) groups is 1. The number of hydrogen-bond donors (Lipinski definition) is 0. The van der Waals surface area contributed by atoms with Gasteiger partial charge in [0.1, 0.15) is 0 Å². The first-order chi connectivity index (χ1) is 12.8. The number of rotatable bonds is 10. The third-order valence-corrected chi connectivity index (χ3v) is 3.41. The SMILES string of the molecule is C=C(CCC)CCCSC.CC.CC.CC(C)C.CCC/C=C\CC(C)C. The molecule has 27 heavy (non-hydrogen) atoms. The second-order valence-electron chi connectivity index (χ2n) is 7.22. The van der Waals surface area contributed by atoms with Crippen molar-refractivity contribution < 1.29 is 0 Å².